The number of allylic oxidation sites excluding steroid dienone is 1. The summed E-state index contributed by atoms with van der Waals surface area (Å²) in [5.74, 6) is 0.730. The van der Waals surface area contributed by atoms with Crippen LogP contribution in [0.2, 0.25) is 0 Å². The largest absolute Gasteiger partial charge is 0.462 e. The Kier molecular flexibility index (Phi) is 6.01. The number of nitrogens with zero attached hydrogens (tertiary/aromatic N) is 1. The van der Waals surface area contributed by atoms with E-state index in [1.165, 1.54) is 38.5 Å². The van der Waals surface area contributed by atoms with E-state index in [0.29, 0.717) is 35.9 Å². The zero-order valence-electron chi connectivity index (χ0n) is 16.8. The molecule has 0 radical (unpaired) electrons. The van der Waals surface area contributed by atoms with E-state index in [2.05, 4.69) is 24.0 Å². The first-order valence-corrected chi connectivity index (χ1v) is 11.2. The molecule has 154 valence electrons. The molecule has 4 rings (SSSR count). The second-order valence-corrected chi connectivity index (χ2v) is 9.46. The molecule has 0 aromatic carbocycles. The molecular weight excluding hydrogens is 374 g/mol. The van der Waals surface area contributed by atoms with E-state index >= 15 is 0 Å². The number of carbonyl (C=O) groups excluding carboxylic acids is 1. The molecule has 1 aliphatic carbocycles. The quantitative estimate of drug-likeness (QED) is 0.481. The summed E-state index contributed by atoms with van der Waals surface area (Å²) in [6, 6.07) is 0.541. The lowest BCUT2D eigenvalue weighted by atomic mass is 9.70. The number of aliphatic hydroxyl groups is 1. The van der Waals surface area contributed by atoms with Crippen LogP contribution in [0.5, 0.6) is 0 Å². The first-order valence-electron chi connectivity index (χ1n) is 10.8. The molecule has 1 saturated carbocycles. The van der Waals surface area contributed by atoms with Gasteiger partial charge in [0, 0.05) is 35.2 Å². The third-order valence-electron chi connectivity index (χ3n) is 7.39. The van der Waals surface area contributed by atoms with Crippen molar-refractivity contribution in [2.75, 3.05) is 13.2 Å². The maximum Gasteiger partial charge on any atom is 0.335 e. The van der Waals surface area contributed by atoms with E-state index in [4.69, 9.17) is 16.3 Å². The highest BCUT2D eigenvalue weighted by molar-refractivity contribution is 6.29. The van der Waals surface area contributed by atoms with E-state index in [-0.39, 0.29) is 18.1 Å². The third kappa shape index (κ3) is 3.83. The molecule has 0 amide bonds. The SMILES string of the molecule is C[C@H]1/C=C\[C@@H](O)/C=C(/Cl)CCOC(=O)C2=CC[C@H]3CCC[C@]4(CCC[C@@H]14)N3C2. The molecule has 4 aliphatic rings. The van der Waals surface area contributed by atoms with Crippen molar-refractivity contribution in [3.05, 3.63) is 34.9 Å². The molecule has 1 N–H and O–H groups in total. The lowest BCUT2D eigenvalue weighted by Crippen LogP contribution is -2.61. The van der Waals surface area contributed by atoms with Crippen molar-refractivity contribution in [1.29, 1.82) is 0 Å². The van der Waals surface area contributed by atoms with Gasteiger partial charge in [-0.25, -0.2) is 4.79 Å². The summed E-state index contributed by atoms with van der Waals surface area (Å²) in [6.45, 7) is 3.24. The van der Waals surface area contributed by atoms with E-state index in [0.717, 1.165) is 12.0 Å². The van der Waals surface area contributed by atoms with Gasteiger partial charge in [-0.1, -0.05) is 49.6 Å². The zero-order chi connectivity index (χ0) is 19.7. The molecular formula is C23H32ClNO3. The molecule has 3 aliphatic heterocycles. The smallest absolute Gasteiger partial charge is 0.335 e. The van der Waals surface area contributed by atoms with Gasteiger partial charge in [-0.2, -0.15) is 0 Å². The third-order valence-corrected chi connectivity index (χ3v) is 7.70. The van der Waals surface area contributed by atoms with Gasteiger partial charge in [0.2, 0.25) is 0 Å². The fraction of sp³-hybridized carbons (Fsp3) is 0.696. The van der Waals surface area contributed by atoms with E-state index in [9.17, 15) is 9.90 Å². The van der Waals surface area contributed by atoms with Crippen LogP contribution in [0.3, 0.4) is 0 Å². The number of aliphatic hydroxyl groups excluding tert-OH is 1. The van der Waals surface area contributed by atoms with Gasteiger partial charge in [0.05, 0.1) is 12.7 Å². The predicted octanol–water partition coefficient (Wildman–Crippen LogP) is 4.33. The minimum absolute atomic E-state index is 0.172. The number of fused-ring (bicyclic) bond motifs is 1. The molecule has 28 heavy (non-hydrogen) atoms. The number of hydrogen-bond donors (Lipinski definition) is 1. The Balaban J connectivity index is 1.69. The number of cyclic esters (lactones) is 1. The molecule has 5 atom stereocenters. The van der Waals surface area contributed by atoms with Gasteiger partial charge in [0.25, 0.3) is 0 Å². The van der Waals surface area contributed by atoms with Crippen molar-refractivity contribution < 1.29 is 14.6 Å². The van der Waals surface area contributed by atoms with Crippen molar-refractivity contribution in [3.8, 4) is 0 Å². The second-order valence-electron chi connectivity index (χ2n) is 8.98. The summed E-state index contributed by atoms with van der Waals surface area (Å²) in [6.07, 6.45) is 15.8. The van der Waals surface area contributed by atoms with E-state index < -0.39 is 6.10 Å². The van der Waals surface area contributed by atoms with Crippen LogP contribution in [-0.2, 0) is 9.53 Å². The Hall–Kier alpha value is -1.10. The number of carbonyl (C=O) groups is 1. The fourth-order valence-corrected chi connectivity index (χ4v) is 6.30. The molecule has 4 nitrogen and oxygen atoms in total. The van der Waals surface area contributed by atoms with Gasteiger partial charge in [-0.3, -0.25) is 4.90 Å². The number of hydrogen-bond acceptors (Lipinski definition) is 4. The highest BCUT2D eigenvalue weighted by Crippen LogP contribution is 2.52. The van der Waals surface area contributed by atoms with Crippen LogP contribution < -0.4 is 0 Å². The molecule has 5 heteroatoms. The van der Waals surface area contributed by atoms with Crippen LogP contribution in [0.4, 0.5) is 0 Å². The molecule has 0 aromatic heterocycles. The second kappa shape index (κ2) is 8.33. The average Bonchev–Trinajstić information content (AvgIpc) is 3.09. The summed E-state index contributed by atoms with van der Waals surface area (Å²) in [4.78, 5) is 15.3. The van der Waals surface area contributed by atoms with Crippen LogP contribution in [0.15, 0.2) is 34.9 Å². The predicted molar refractivity (Wildman–Crippen MR) is 111 cm³/mol. The van der Waals surface area contributed by atoms with Crippen LogP contribution in [-0.4, -0.2) is 46.8 Å². The molecule has 1 spiro atoms. The minimum atomic E-state index is -0.700. The lowest BCUT2D eigenvalue weighted by molar-refractivity contribution is -0.140. The maximum atomic E-state index is 12.7. The van der Waals surface area contributed by atoms with E-state index in [1.807, 2.05) is 6.08 Å². The summed E-state index contributed by atoms with van der Waals surface area (Å²) < 4.78 is 5.50. The molecule has 1 saturated heterocycles. The highest BCUT2D eigenvalue weighted by Gasteiger charge is 2.52. The molecule has 0 unspecified atom stereocenters. The van der Waals surface area contributed by atoms with Crippen molar-refractivity contribution in [2.45, 2.75) is 76.0 Å². The molecule has 0 aromatic rings. The lowest BCUT2D eigenvalue weighted by Gasteiger charge is -2.55. The first kappa shape index (κ1) is 20.2. The summed E-state index contributed by atoms with van der Waals surface area (Å²) in [5, 5.41) is 10.8. The number of halogens is 1. The number of ether oxygens (including phenoxy) is 1. The Morgan fingerprint density at radius 3 is 2.86 bits per heavy atom. The molecule has 2 bridgehead atoms. The van der Waals surface area contributed by atoms with Crippen molar-refractivity contribution in [1.82, 2.24) is 4.90 Å². The van der Waals surface area contributed by atoms with Gasteiger partial charge < -0.3 is 9.84 Å². The maximum absolute atomic E-state index is 12.7. The van der Waals surface area contributed by atoms with Crippen LogP contribution >= 0.6 is 11.6 Å². The van der Waals surface area contributed by atoms with Gasteiger partial charge >= 0.3 is 5.97 Å². The van der Waals surface area contributed by atoms with Crippen LogP contribution in [0.25, 0.3) is 0 Å². The van der Waals surface area contributed by atoms with Crippen molar-refractivity contribution in [2.24, 2.45) is 11.8 Å². The van der Waals surface area contributed by atoms with Gasteiger partial charge in [-0.15, -0.1) is 0 Å². The molecule has 3 heterocycles. The summed E-state index contributed by atoms with van der Waals surface area (Å²) in [7, 11) is 0. The van der Waals surface area contributed by atoms with Crippen LogP contribution in [0, 0.1) is 11.8 Å². The van der Waals surface area contributed by atoms with Gasteiger partial charge in [-0.05, 0) is 50.0 Å². The number of piperidine rings is 1. The van der Waals surface area contributed by atoms with Gasteiger partial charge in [0.15, 0.2) is 0 Å². The molecule has 2 fully saturated rings. The summed E-state index contributed by atoms with van der Waals surface area (Å²) in [5.41, 5.74) is 0.979. The normalized spacial score (nSPS) is 42.9. The topological polar surface area (TPSA) is 49.8 Å². The zero-order valence-corrected chi connectivity index (χ0v) is 17.5. The Bertz CT molecular complexity index is 700. The first-order chi connectivity index (χ1) is 13.5. The standard InChI is InChI=1S/C23H32ClNO3/c1-16-6-9-20(26)14-18(24)10-13-28-22(27)17-7-8-19-4-2-11-23(25(19)15-17)12-3-5-21(16)23/h6-7,9,14,16,19-21,26H,2-5,8,10-13,15H2,1H3/b9-6-,18-14+/t16-,19+,20+,21-,23+/m0/s1. The summed E-state index contributed by atoms with van der Waals surface area (Å²) >= 11 is 6.22. The Labute approximate surface area is 173 Å². The van der Waals surface area contributed by atoms with Crippen molar-refractivity contribution >= 4 is 17.6 Å². The number of esters is 1. The van der Waals surface area contributed by atoms with E-state index in [1.54, 1.807) is 6.08 Å². The average molecular weight is 406 g/mol. The number of rotatable bonds is 0. The fourth-order valence-electron chi connectivity index (χ4n) is 6.10. The Morgan fingerprint density at radius 2 is 2.04 bits per heavy atom. The van der Waals surface area contributed by atoms with Crippen molar-refractivity contribution in [3.63, 3.8) is 0 Å². The highest BCUT2D eigenvalue weighted by atomic mass is 35.5. The van der Waals surface area contributed by atoms with Gasteiger partial charge in [0.1, 0.15) is 0 Å². The van der Waals surface area contributed by atoms with Crippen LogP contribution in [0.1, 0.15) is 58.3 Å². The Morgan fingerprint density at radius 1 is 1.25 bits per heavy atom. The monoisotopic (exact) mass is 405 g/mol. The minimum Gasteiger partial charge on any atom is -0.462 e.